The van der Waals surface area contributed by atoms with Crippen LogP contribution >= 0.6 is 12.4 Å². The Kier molecular flexibility index (Phi) is 7.03. The average Bonchev–Trinajstić information content (AvgIpc) is 2.93. The van der Waals surface area contributed by atoms with Crippen molar-refractivity contribution in [3.8, 4) is 0 Å². The van der Waals surface area contributed by atoms with Gasteiger partial charge in [0, 0.05) is 18.5 Å². The third kappa shape index (κ3) is 4.80. The minimum absolute atomic E-state index is 0. The lowest BCUT2D eigenvalue weighted by molar-refractivity contribution is -0.122. The van der Waals surface area contributed by atoms with Crippen molar-refractivity contribution < 1.29 is 4.79 Å². The number of amides is 1. The Morgan fingerprint density at radius 1 is 1.30 bits per heavy atom. The number of hydrogen-bond donors (Lipinski definition) is 2. The molecule has 0 spiro atoms. The minimum Gasteiger partial charge on any atom is -0.353 e. The molecule has 20 heavy (non-hydrogen) atoms. The largest absolute Gasteiger partial charge is 0.353 e. The second-order valence-corrected chi connectivity index (χ2v) is 5.62. The summed E-state index contributed by atoms with van der Waals surface area (Å²) in [5, 5.41) is 3.10. The van der Waals surface area contributed by atoms with Gasteiger partial charge in [-0.15, -0.1) is 12.4 Å². The maximum Gasteiger partial charge on any atom is 0.222 e. The van der Waals surface area contributed by atoms with Crippen LogP contribution < -0.4 is 11.1 Å². The summed E-state index contributed by atoms with van der Waals surface area (Å²) < 4.78 is 0. The van der Waals surface area contributed by atoms with Gasteiger partial charge in [0.15, 0.2) is 0 Å². The highest BCUT2D eigenvalue weighted by atomic mass is 35.5. The fraction of sp³-hybridized carbons (Fsp3) is 0.562. The van der Waals surface area contributed by atoms with E-state index in [4.69, 9.17) is 5.73 Å². The van der Waals surface area contributed by atoms with Gasteiger partial charge in [-0.3, -0.25) is 4.79 Å². The van der Waals surface area contributed by atoms with Crippen LogP contribution in [0.3, 0.4) is 0 Å². The molecule has 1 amide bonds. The molecule has 4 heteroatoms. The van der Waals surface area contributed by atoms with E-state index in [1.54, 1.807) is 0 Å². The third-order valence-corrected chi connectivity index (χ3v) is 4.13. The summed E-state index contributed by atoms with van der Waals surface area (Å²) in [5.41, 5.74) is 7.08. The Morgan fingerprint density at radius 2 is 1.90 bits per heavy atom. The number of nitrogens with two attached hydrogens (primary N) is 1. The minimum atomic E-state index is -0.211. The molecule has 1 saturated carbocycles. The first-order valence-electron chi connectivity index (χ1n) is 7.26. The number of halogens is 1. The van der Waals surface area contributed by atoms with E-state index in [0.717, 1.165) is 5.56 Å². The lowest BCUT2D eigenvalue weighted by atomic mass is 9.99. The van der Waals surface area contributed by atoms with E-state index in [-0.39, 0.29) is 30.4 Å². The second-order valence-electron chi connectivity index (χ2n) is 5.62. The molecule has 0 bridgehead atoms. The van der Waals surface area contributed by atoms with Gasteiger partial charge in [0.05, 0.1) is 0 Å². The first-order valence-corrected chi connectivity index (χ1v) is 7.26. The molecular weight excluding hydrogens is 272 g/mol. The number of nitrogens with one attached hydrogen (secondary N) is 1. The van der Waals surface area contributed by atoms with Crippen molar-refractivity contribution in [1.29, 1.82) is 0 Å². The molecule has 2 unspecified atom stereocenters. The van der Waals surface area contributed by atoms with E-state index in [2.05, 4.69) is 12.2 Å². The quantitative estimate of drug-likeness (QED) is 0.877. The molecule has 0 heterocycles. The molecule has 0 aromatic heterocycles. The van der Waals surface area contributed by atoms with Gasteiger partial charge in [0.25, 0.3) is 0 Å². The monoisotopic (exact) mass is 296 g/mol. The van der Waals surface area contributed by atoms with E-state index in [9.17, 15) is 4.79 Å². The van der Waals surface area contributed by atoms with E-state index in [1.165, 1.54) is 25.7 Å². The smallest absolute Gasteiger partial charge is 0.222 e. The molecule has 112 valence electrons. The van der Waals surface area contributed by atoms with Gasteiger partial charge in [-0.1, -0.05) is 43.2 Å². The molecule has 1 aromatic carbocycles. The molecule has 1 aliphatic carbocycles. The number of rotatable bonds is 5. The summed E-state index contributed by atoms with van der Waals surface area (Å²) in [4.78, 5) is 12.0. The molecular formula is C16H25ClN2O. The van der Waals surface area contributed by atoms with Crippen LogP contribution in [0.5, 0.6) is 0 Å². The summed E-state index contributed by atoms with van der Waals surface area (Å²) in [6, 6.07) is 9.87. The lowest BCUT2D eigenvalue weighted by Crippen LogP contribution is -2.38. The molecule has 1 aliphatic rings. The van der Waals surface area contributed by atoms with Crippen molar-refractivity contribution >= 4 is 18.3 Å². The van der Waals surface area contributed by atoms with Crippen LogP contribution in [0.25, 0.3) is 0 Å². The van der Waals surface area contributed by atoms with Crippen molar-refractivity contribution in [2.45, 2.75) is 51.1 Å². The van der Waals surface area contributed by atoms with Gasteiger partial charge in [-0.25, -0.2) is 0 Å². The van der Waals surface area contributed by atoms with Crippen LogP contribution in [0, 0.1) is 5.92 Å². The van der Waals surface area contributed by atoms with Crippen molar-refractivity contribution in [3.05, 3.63) is 35.9 Å². The molecule has 3 nitrogen and oxygen atoms in total. The predicted molar refractivity (Wildman–Crippen MR) is 84.8 cm³/mol. The summed E-state index contributed by atoms with van der Waals surface area (Å²) in [5.74, 6) is 0.715. The van der Waals surface area contributed by atoms with Gasteiger partial charge in [0.2, 0.25) is 5.91 Å². The Balaban J connectivity index is 0.00000200. The molecule has 1 fully saturated rings. The van der Waals surface area contributed by atoms with Gasteiger partial charge in [-0.05, 0) is 31.2 Å². The van der Waals surface area contributed by atoms with Gasteiger partial charge >= 0.3 is 0 Å². The number of hydrogen-bond acceptors (Lipinski definition) is 2. The van der Waals surface area contributed by atoms with Crippen molar-refractivity contribution in [3.63, 3.8) is 0 Å². The zero-order valence-corrected chi connectivity index (χ0v) is 12.9. The molecule has 2 atom stereocenters. The van der Waals surface area contributed by atoms with Crippen molar-refractivity contribution in [1.82, 2.24) is 5.32 Å². The summed E-state index contributed by atoms with van der Waals surface area (Å²) in [6.45, 7) is 2.11. The van der Waals surface area contributed by atoms with Crippen molar-refractivity contribution in [2.24, 2.45) is 11.7 Å². The highest BCUT2D eigenvalue weighted by Crippen LogP contribution is 2.27. The van der Waals surface area contributed by atoms with E-state index in [1.807, 2.05) is 30.3 Å². The van der Waals surface area contributed by atoms with E-state index in [0.29, 0.717) is 12.3 Å². The molecule has 0 radical (unpaired) electrons. The van der Waals surface area contributed by atoms with Gasteiger partial charge < -0.3 is 11.1 Å². The summed E-state index contributed by atoms with van der Waals surface area (Å²) in [7, 11) is 0. The first-order chi connectivity index (χ1) is 9.16. The zero-order chi connectivity index (χ0) is 13.7. The fourth-order valence-electron chi connectivity index (χ4n) is 2.91. The second kappa shape index (κ2) is 8.28. The summed E-state index contributed by atoms with van der Waals surface area (Å²) >= 11 is 0. The maximum atomic E-state index is 12.0. The molecule has 3 N–H and O–H groups in total. The van der Waals surface area contributed by atoms with Gasteiger partial charge in [0.1, 0.15) is 0 Å². The molecule has 2 rings (SSSR count). The lowest BCUT2D eigenvalue weighted by Gasteiger charge is -2.21. The maximum absolute atomic E-state index is 12.0. The van der Waals surface area contributed by atoms with E-state index >= 15 is 0 Å². The Bertz CT molecular complexity index is 404. The molecule has 1 aromatic rings. The number of benzene rings is 1. The SMILES string of the molecule is CC(NC(=O)CC(N)c1ccccc1)C1CCCC1.Cl. The first kappa shape index (κ1) is 17.0. The van der Waals surface area contributed by atoms with Crippen LogP contribution in [-0.2, 0) is 4.79 Å². The highest BCUT2D eigenvalue weighted by molar-refractivity contribution is 5.85. The molecule has 0 aliphatic heterocycles. The Labute approximate surface area is 127 Å². The van der Waals surface area contributed by atoms with Crippen LogP contribution in [-0.4, -0.2) is 11.9 Å². The van der Waals surface area contributed by atoms with Crippen LogP contribution in [0.4, 0.5) is 0 Å². The summed E-state index contributed by atoms with van der Waals surface area (Å²) in [6.07, 6.45) is 5.45. The zero-order valence-electron chi connectivity index (χ0n) is 12.0. The number of carbonyl (C=O) groups excluding carboxylic acids is 1. The van der Waals surface area contributed by atoms with E-state index < -0.39 is 0 Å². The highest BCUT2D eigenvalue weighted by Gasteiger charge is 2.23. The molecule has 0 saturated heterocycles. The fourth-order valence-corrected chi connectivity index (χ4v) is 2.91. The van der Waals surface area contributed by atoms with Crippen LogP contribution in [0.1, 0.15) is 50.6 Å². The van der Waals surface area contributed by atoms with Gasteiger partial charge in [-0.2, -0.15) is 0 Å². The van der Waals surface area contributed by atoms with Crippen LogP contribution in [0.2, 0.25) is 0 Å². The average molecular weight is 297 g/mol. The third-order valence-electron chi connectivity index (χ3n) is 4.13. The normalized spacial score (nSPS) is 18.1. The standard InChI is InChI=1S/C16H24N2O.ClH/c1-12(13-7-5-6-8-13)18-16(19)11-15(17)14-9-3-2-4-10-14;/h2-4,9-10,12-13,15H,5-8,11,17H2,1H3,(H,18,19);1H. The van der Waals surface area contributed by atoms with Crippen LogP contribution in [0.15, 0.2) is 30.3 Å². The Morgan fingerprint density at radius 3 is 2.50 bits per heavy atom. The predicted octanol–water partition coefficient (Wildman–Crippen LogP) is 3.19. The number of carbonyl (C=O) groups is 1. The Hall–Kier alpha value is -1.06. The van der Waals surface area contributed by atoms with Crippen molar-refractivity contribution in [2.75, 3.05) is 0 Å². The topological polar surface area (TPSA) is 55.1 Å².